The third kappa shape index (κ3) is 6.23. The summed E-state index contributed by atoms with van der Waals surface area (Å²) >= 11 is 0. The second-order valence-electron chi connectivity index (χ2n) is 6.16. The van der Waals surface area contributed by atoms with E-state index < -0.39 is 12.0 Å². The first-order valence-electron chi connectivity index (χ1n) is 8.67. The van der Waals surface area contributed by atoms with Crippen molar-refractivity contribution in [3.63, 3.8) is 0 Å². The van der Waals surface area contributed by atoms with Crippen molar-refractivity contribution >= 4 is 17.6 Å². The lowest BCUT2D eigenvalue weighted by Crippen LogP contribution is -2.40. The second-order valence-corrected chi connectivity index (χ2v) is 6.16. The van der Waals surface area contributed by atoms with E-state index in [9.17, 15) is 14.7 Å². The van der Waals surface area contributed by atoms with Crippen LogP contribution in [0.5, 0.6) is 5.75 Å². The SMILES string of the molecule is COc1ccccc1NC(=O)CC(NCCC1=CCCCC1)C(=O)O. The van der Waals surface area contributed by atoms with Crippen LogP contribution < -0.4 is 15.4 Å². The number of allylic oxidation sites excluding steroid dienone is 1. The summed E-state index contributed by atoms with van der Waals surface area (Å²) < 4.78 is 5.18. The Hall–Kier alpha value is -2.34. The van der Waals surface area contributed by atoms with Gasteiger partial charge in [0.1, 0.15) is 11.8 Å². The predicted molar refractivity (Wildman–Crippen MR) is 96.8 cm³/mol. The van der Waals surface area contributed by atoms with Crippen molar-refractivity contribution in [1.82, 2.24) is 5.32 Å². The van der Waals surface area contributed by atoms with Crippen LogP contribution in [0.25, 0.3) is 0 Å². The van der Waals surface area contributed by atoms with Gasteiger partial charge >= 0.3 is 5.97 Å². The number of methoxy groups -OCH3 is 1. The Morgan fingerprint density at radius 3 is 2.76 bits per heavy atom. The number of amides is 1. The van der Waals surface area contributed by atoms with Crippen molar-refractivity contribution < 1.29 is 19.4 Å². The number of hydrogen-bond acceptors (Lipinski definition) is 4. The number of hydrogen-bond donors (Lipinski definition) is 3. The lowest BCUT2D eigenvalue weighted by molar-refractivity contribution is -0.141. The number of carbonyl (C=O) groups excluding carboxylic acids is 1. The normalized spacial score (nSPS) is 15.2. The number of anilines is 1. The molecular formula is C19H26N2O4. The number of carbonyl (C=O) groups is 2. The maximum absolute atomic E-state index is 12.2. The molecule has 1 amide bonds. The molecule has 1 aromatic rings. The van der Waals surface area contributed by atoms with Crippen LogP contribution in [0.3, 0.4) is 0 Å². The third-order valence-corrected chi connectivity index (χ3v) is 4.29. The van der Waals surface area contributed by atoms with Crippen LogP contribution in [0.4, 0.5) is 5.69 Å². The highest BCUT2D eigenvalue weighted by atomic mass is 16.5. The number of aliphatic carboxylic acids is 1. The Labute approximate surface area is 148 Å². The van der Waals surface area contributed by atoms with Crippen molar-refractivity contribution in [2.75, 3.05) is 19.0 Å². The molecule has 0 aromatic heterocycles. The quantitative estimate of drug-likeness (QED) is 0.598. The zero-order valence-corrected chi connectivity index (χ0v) is 14.6. The topological polar surface area (TPSA) is 87.7 Å². The molecule has 6 nitrogen and oxygen atoms in total. The van der Waals surface area contributed by atoms with Gasteiger partial charge in [-0.05, 0) is 50.8 Å². The van der Waals surface area contributed by atoms with Gasteiger partial charge < -0.3 is 20.5 Å². The fourth-order valence-electron chi connectivity index (χ4n) is 2.92. The number of para-hydroxylation sites is 2. The van der Waals surface area contributed by atoms with Gasteiger partial charge in [-0.1, -0.05) is 23.8 Å². The Bertz CT molecular complexity index is 628. The van der Waals surface area contributed by atoms with Crippen LogP contribution in [-0.4, -0.2) is 36.7 Å². The summed E-state index contributed by atoms with van der Waals surface area (Å²) in [6.07, 6.45) is 7.58. The average Bonchev–Trinajstić information content (AvgIpc) is 2.62. The lowest BCUT2D eigenvalue weighted by atomic mass is 9.97. The molecule has 1 aromatic carbocycles. The van der Waals surface area contributed by atoms with Gasteiger partial charge in [0.15, 0.2) is 0 Å². The van der Waals surface area contributed by atoms with E-state index >= 15 is 0 Å². The molecule has 1 aliphatic carbocycles. The van der Waals surface area contributed by atoms with E-state index in [1.54, 1.807) is 24.3 Å². The molecule has 3 N–H and O–H groups in total. The van der Waals surface area contributed by atoms with Gasteiger partial charge in [-0.2, -0.15) is 0 Å². The van der Waals surface area contributed by atoms with Crippen molar-refractivity contribution in [3.05, 3.63) is 35.9 Å². The summed E-state index contributed by atoms with van der Waals surface area (Å²) in [5.74, 6) is -0.839. The second kappa shape index (κ2) is 9.84. The van der Waals surface area contributed by atoms with E-state index in [1.165, 1.54) is 25.5 Å². The van der Waals surface area contributed by atoms with Crippen LogP contribution in [0, 0.1) is 0 Å². The summed E-state index contributed by atoms with van der Waals surface area (Å²) in [6.45, 7) is 0.560. The van der Waals surface area contributed by atoms with Crippen LogP contribution in [0.1, 0.15) is 38.5 Å². The van der Waals surface area contributed by atoms with Crippen LogP contribution in [0.15, 0.2) is 35.9 Å². The number of rotatable bonds is 9. The standard InChI is InChI=1S/C19H26N2O4/c1-25-17-10-6-5-9-15(17)21-18(22)13-16(19(23)24)20-12-11-14-7-3-2-4-8-14/h5-7,9-10,16,20H,2-4,8,11-13H2,1H3,(H,21,22)(H,23,24). The highest BCUT2D eigenvalue weighted by Gasteiger charge is 2.21. The van der Waals surface area contributed by atoms with Gasteiger partial charge in [0.05, 0.1) is 19.2 Å². The van der Waals surface area contributed by atoms with Crippen LogP contribution in [-0.2, 0) is 9.59 Å². The highest BCUT2D eigenvalue weighted by molar-refractivity contribution is 5.95. The van der Waals surface area contributed by atoms with Gasteiger partial charge in [0, 0.05) is 0 Å². The number of benzene rings is 1. The van der Waals surface area contributed by atoms with Crippen LogP contribution in [0.2, 0.25) is 0 Å². The fraction of sp³-hybridized carbons (Fsp3) is 0.474. The Morgan fingerprint density at radius 2 is 2.08 bits per heavy atom. The number of ether oxygens (including phenoxy) is 1. The summed E-state index contributed by atoms with van der Waals surface area (Å²) in [6, 6.07) is 6.13. The molecule has 0 saturated heterocycles. The summed E-state index contributed by atoms with van der Waals surface area (Å²) in [5.41, 5.74) is 1.91. The maximum atomic E-state index is 12.2. The minimum Gasteiger partial charge on any atom is -0.495 e. The minimum atomic E-state index is -1.02. The van der Waals surface area contributed by atoms with Crippen LogP contribution >= 0.6 is 0 Å². The summed E-state index contributed by atoms with van der Waals surface area (Å²) in [4.78, 5) is 23.6. The zero-order valence-electron chi connectivity index (χ0n) is 14.6. The van der Waals surface area contributed by atoms with E-state index in [1.807, 2.05) is 0 Å². The molecule has 0 saturated carbocycles. The average molecular weight is 346 g/mol. The molecule has 0 spiro atoms. The minimum absolute atomic E-state index is 0.133. The molecule has 0 radical (unpaired) electrons. The number of carboxylic acids is 1. The maximum Gasteiger partial charge on any atom is 0.321 e. The van der Waals surface area contributed by atoms with Crippen molar-refractivity contribution in [3.8, 4) is 5.75 Å². The third-order valence-electron chi connectivity index (χ3n) is 4.29. The van der Waals surface area contributed by atoms with Crippen molar-refractivity contribution in [1.29, 1.82) is 0 Å². The molecule has 1 aliphatic rings. The number of carboxylic acid groups (broad SMARTS) is 1. The monoisotopic (exact) mass is 346 g/mol. The van der Waals surface area contributed by atoms with E-state index in [-0.39, 0.29) is 12.3 Å². The smallest absolute Gasteiger partial charge is 0.321 e. The Morgan fingerprint density at radius 1 is 1.28 bits per heavy atom. The van der Waals surface area contributed by atoms with Gasteiger partial charge in [-0.15, -0.1) is 0 Å². The number of nitrogens with one attached hydrogen (secondary N) is 2. The van der Waals surface area contributed by atoms with Crippen molar-refractivity contribution in [2.24, 2.45) is 0 Å². The lowest BCUT2D eigenvalue weighted by Gasteiger charge is -2.17. The van der Waals surface area contributed by atoms with Gasteiger partial charge in [-0.3, -0.25) is 9.59 Å². The van der Waals surface area contributed by atoms with Gasteiger partial charge in [0.25, 0.3) is 0 Å². The molecule has 0 fully saturated rings. The first-order valence-corrected chi connectivity index (χ1v) is 8.67. The van der Waals surface area contributed by atoms with Crippen molar-refractivity contribution in [2.45, 2.75) is 44.6 Å². The molecule has 2 rings (SSSR count). The van der Waals surface area contributed by atoms with Gasteiger partial charge in [-0.25, -0.2) is 0 Å². The molecule has 0 bridgehead atoms. The Balaban J connectivity index is 1.84. The van der Waals surface area contributed by atoms with E-state index in [0.29, 0.717) is 18.0 Å². The van der Waals surface area contributed by atoms with E-state index in [2.05, 4.69) is 16.7 Å². The summed E-state index contributed by atoms with van der Waals surface area (Å²) in [5, 5.41) is 15.0. The highest BCUT2D eigenvalue weighted by Crippen LogP contribution is 2.23. The summed E-state index contributed by atoms with van der Waals surface area (Å²) in [7, 11) is 1.52. The molecule has 25 heavy (non-hydrogen) atoms. The van der Waals surface area contributed by atoms with E-state index in [4.69, 9.17) is 4.74 Å². The molecule has 0 heterocycles. The first kappa shape index (κ1) is 19.0. The molecule has 1 unspecified atom stereocenters. The van der Waals surface area contributed by atoms with E-state index in [0.717, 1.165) is 19.3 Å². The van der Waals surface area contributed by atoms with Gasteiger partial charge in [0.2, 0.25) is 5.91 Å². The fourth-order valence-corrected chi connectivity index (χ4v) is 2.92. The largest absolute Gasteiger partial charge is 0.495 e. The predicted octanol–water partition coefficient (Wildman–Crippen LogP) is 2.96. The molecule has 0 aliphatic heterocycles. The molecule has 6 heteroatoms. The molecular weight excluding hydrogens is 320 g/mol. The first-order chi connectivity index (χ1) is 12.1. The molecule has 1 atom stereocenters. The molecule has 136 valence electrons. The Kier molecular flexibility index (Phi) is 7.47. The zero-order chi connectivity index (χ0) is 18.1.